The Bertz CT molecular complexity index is 982. The Hall–Kier alpha value is -2.11. The molecule has 2 aliphatic carbocycles. The first-order chi connectivity index (χ1) is 18.6. The largest absolute Gasteiger partial charge is 0.429 e. The molecule has 2 aromatic rings. The van der Waals surface area contributed by atoms with Crippen LogP contribution in [0.4, 0.5) is 22.0 Å². The molecule has 216 valence electrons. The van der Waals surface area contributed by atoms with Crippen molar-refractivity contribution in [3.63, 3.8) is 0 Å². The first-order valence-corrected chi connectivity index (χ1v) is 15.0. The summed E-state index contributed by atoms with van der Waals surface area (Å²) in [5.74, 6) is 2.73. The van der Waals surface area contributed by atoms with E-state index in [-0.39, 0.29) is 11.3 Å². The molecule has 0 saturated heterocycles. The average Bonchev–Trinajstić information content (AvgIpc) is 2.93. The highest BCUT2D eigenvalue weighted by Gasteiger charge is 2.36. The van der Waals surface area contributed by atoms with E-state index in [0.29, 0.717) is 5.92 Å². The fraction of sp³-hybridized carbons (Fsp3) is 0.636. The number of hydrogen-bond acceptors (Lipinski definition) is 1. The molecule has 6 heteroatoms. The summed E-state index contributed by atoms with van der Waals surface area (Å²) in [5.41, 5.74) is -0.138. The molecule has 2 aliphatic rings. The molecule has 0 bridgehead atoms. The molecule has 2 fully saturated rings. The molecule has 0 aromatic heterocycles. The summed E-state index contributed by atoms with van der Waals surface area (Å²) in [6.45, 7) is 2.27. The van der Waals surface area contributed by atoms with Crippen molar-refractivity contribution in [2.75, 3.05) is 0 Å². The van der Waals surface area contributed by atoms with Gasteiger partial charge in [-0.25, -0.2) is 0 Å². The van der Waals surface area contributed by atoms with Gasteiger partial charge in [-0.3, -0.25) is 0 Å². The van der Waals surface area contributed by atoms with Gasteiger partial charge in [0.1, 0.15) is 5.75 Å². The lowest BCUT2D eigenvalue weighted by Crippen LogP contribution is -2.22. The summed E-state index contributed by atoms with van der Waals surface area (Å²) in [7, 11) is 0. The fourth-order valence-corrected chi connectivity index (χ4v) is 6.62. The summed E-state index contributed by atoms with van der Waals surface area (Å²) >= 11 is 0. The maximum atomic E-state index is 14.7. The van der Waals surface area contributed by atoms with Crippen molar-refractivity contribution in [2.24, 2.45) is 17.8 Å². The van der Waals surface area contributed by atoms with Gasteiger partial charge < -0.3 is 4.74 Å². The number of halogens is 5. The van der Waals surface area contributed by atoms with Crippen molar-refractivity contribution in [2.45, 2.75) is 115 Å². The Morgan fingerprint density at radius 3 is 1.62 bits per heavy atom. The third kappa shape index (κ3) is 8.69. The molecule has 4 rings (SSSR count). The van der Waals surface area contributed by atoms with Crippen LogP contribution in [0.5, 0.6) is 5.75 Å². The van der Waals surface area contributed by atoms with Gasteiger partial charge in [-0.2, -0.15) is 22.0 Å². The predicted octanol–water partition coefficient (Wildman–Crippen LogP) is 11.3. The van der Waals surface area contributed by atoms with E-state index in [1.54, 1.807) is 12.1 Å². The zero-order valence-electron chi connectivity index (χ0n) is 23.1. The fourth-order valence-electron chi connectivity index (χ4n) is 6.62. The van der Waals surface area contributed by atoms with Crippen LogP contribution in [0.1, 0.15) is 119 Å². The van der Waals surface area contributed by atoms with Crippen molar-refractivity contribution in [3.8, 4) is 5.75 Å². The molecule has 0 atom stereocenters. The SMILES string of the molecule is CCCCC[C@H]1CC[C@H](CC[C@H]2CC[C@H](c3ccc(C(F)(F)Oc4ccc(C(F)(F)F)cc4)cc3)CC2)CC1. The van der Waals surface area contributed by atoms with Crippen LogP contribution in [0, 0.1) is 17.8 Å². The van der Waals surface area contributed by atoms with Crippen LogP contribution >= 0.6 is 0 Å². The van der Waals surface area contributed by atoms with E-state index in [0.717, 1.165) is 60.4 Å². The average molecular weight is 551 g/mol. The molecular formula is C33H43F5O. The lowest BCUT2D eigenvalue weighted by molar-refractivity contribution is -0.185. The predicted molar refractivity (Wildman–Crippen MR) is 146 cm³/mol. The quantitative estimate of drug-likeness (QED) is 0.200. The van der Waals surface area contributed by atoms with Gasteiger partial charge in [0.15, 0.2) is 0 Å². The number of rotatable bonds is 11. The Kier molecular flexibility index (Phi) is 10.3. The van der Waals surface area contributed by atoms with Gasteiger partial charge in [-0.15, -0.1) is 0 Å². The van der Waals surface area contributed by atoms with E-state index in [9.17, 15) is 22.0 Å². The highest BCUT2D eigenvalue weighted by molar-refractivity contribution is 5.31. The molecule has 0 amide bonds. The number of ether oxygens (including phenoxy) is 1. The standard InChI is InChI=1S/C33H43F5O/c1-2-3-4-5-24-6-8-25(9-7-24)10-11-26-12-14-27(15-13-26)28-16-18-30(19-17-28)33(37,38)39-31-22-20-29(21-23-31)32(34,35)36/h16-27H,2-15H2,1H3/t24-,25-,26-,27-. The van der Waals surface area contributed by atoms with Crippen LogP contribution < -0.4 is 4.74 Å². The van der Waals surface area contributed by atoms with Gasteiger partial charge in [-0.1, -0.05) is 83.3 Å². The second kappa shape index (κ2) is 13.5. The number of hydrogen-bond donors (Lipinski definition) is 0. The summed E-state index contributed by atoms with van der Waals surface area (Å²) in [4.78, 5) is 0. The van der Waals surface area contributed by atoms with E-state index in [1.807, 2.05) is 0 Å². The van der Waals surface area contributed by atoms with Gasteiger partial charge in [0.25, 0.3) is 0 Å². The maximum Gasteiger partial charge on any atom is 0.426 e. The summed E-state index contributed by atoms with van der Waals surface area (Å²) in [6.07, 6.45) is 10.3. The van der Waals surface area contributed by atoms with E-state index in [1.165, 1.54) is 89.2 Å². The normalized spacial score (nSPS) is 24.5. The van der Waals surface area contributed by atoms with Crippen LogP contribution in [-0.4, -0.2) is 0 Å². The number of unbranched alkanes of at least 4 members (excludes halogenated alkanes) is 2. The molecule has 0 spiro atoms. The van der Waals surface area contributed by atoms with Crippen molar-refractivity contribution in [3.05, 3.63) is 65.2 Å². The van der Waals surface area contributed by atoms with Gasteiger partial charge in [0.2, 0.25) is 0 Å². The van der Waals surface area contributed by atoms with Crippen LogP contribution in [0.2, 0.25) is 0 Å². The third-order valence-corrected chi connectivity index (χ3v) is 9.16. The van der Waals surface area contributed by atoms with Crippen molar-refractivity contribution in [1.29, 1.82) is 0 Å². The number of benzene rings is 2. The van der Waals surface area contributed by atoms with Gasteiger partial charge in [-0.05, 0) is 91.3 Å². The van der Waals surface area contributed by atoms with Gasteiger partial charge >= 0.3 is 12.3 Å². The van der Waals surface area contributed by atoms with Gasteiger partial charge in [0.05, 0.1) is 11.1 Å². The Balaban J connectivity index is 1.19. The third-order valence-electron chi connectivity index (χ3n) is 9.16. The van der Waals surface area contributed by atoms with Gasteiger partial charge in [0, 0.05) is 0 Å². The van der Waals surface area contributed by atoms with Crippen LogP contribution in [-0.2, 0) is 12.3 Å². The summed E-state index contributed by atoms with van der Waals surface area (Å²) in [6, 6.07) is 9.59. The molecule has 1 nitrogen and oxygen atoms in total. The summed E-state index contributed by atoms with van der Waals surface area (Å²) < 4.78 is 72.3. The molecule has 39 heavy (non-hydrogen) atoms. The Labute approximate surface area is 230 Å². The molecule has 2 saturated carbocycles. The molecular weight excluding hydrogens is 507 g/mol. The molecule has 0 heterocycles. The highest BCUT2D eigenvalue weighted by atomic mass is 19.4. The molecule has 2 aromatic carbocycles. The minimum atomic E-state index is -4.52. The summed E-state index contributed by atoms with van der Waals surface area (Å²) in [5, 5.41) is 0. The number of alkyl halides is 5. The zero-order valence-corrected chi connectivity index (χ0v) is 23.1. The second-order valence-corrected chi connectivity index (χ2v) is 11.9. The maximum absolute atomic E-state index is 14.7. The van der Waals surface area contributed by atoms with Crippen LogP contribution in [0.15, 0.2) is 48.5 Å². The van der Waals surface area contributed by atoms with E-state index in [2.05, 4.69) is 6.92 Å². The Morgan fingerprint density at radius 2 is 1.10 bits per heavy atom. The minimum Gasteiger partial charge on any atom is -0.429 e. The first kappa shape index (κ1) is 29.9. The lowest BCUT2D eigenvalue weighted by atomic mass is 9.74. The molecule has 0 radical (unpaired) electrons. The lowest BCUT2D eigenvalue weighted by Gasteiger charge is -2.32. The van der Waals surface area contributed by atoms with E-state index in [4.69, 9.17) is 4.74 Å². The Morgan fingerprint density at radius 1 is 0.615 bits per heavy atom. The van der Waals surface area contributed by atoms with Crippen molar-refractivity contribution in [1.82, 2.24) is 0 Å². The van der Waals surface area contributed by atoms with Crippen molar-refractivity contribution >= 4 is 0 Å². The monoisotopic (exact) mass is 550 g/mol. The minimum absolute atomic E-state index is 0.306. The van der Waals surface area contributed by atoms with E-state index >= 15 is 0 Å². The smallest absolute Gasteiger partial charge is 0.426 e. The zero-order chi connectivity index (χ0) is 27.9. The van der Waals surface area contributed by atoms with Crippen LogP contribution in [0.25, 0.3) is 0 Å². The van der Waals surface area contributed by atoms with Crippen LogP contribution in [0.3, 0.4) is 0 Å². The van der Waals surface area contributed by atoms with E-state index < -0.39 is 17.8 Å². The topological polar surface area (TPSA) is 9.23 Å². The second-order valence-electron chi connectivity index (χ2n) is 11.9. The molecule has 0 unspecified atom stereocenters. The van der Waals surface area contributed by atoms with Crippen molar-refractivity contribution < 1.29 is 26.7 Å². The highest BCUT2D eigenvalue weighted by Crippen LogP contribution is 2.41. The first-order valence-electron chi connectivity index (χ1n) is 15.0. The molecule has 0 N–H and O–H groups in total. The molecule has 0 aliphatic heterocycles.